The zero-order valence-corrected chi connectivity index (χ0v) is 12.6. The number of ether oxygens (including phenoxy) is 2. The van der Waals surface area contributed by atoms with Crippen molar-refractivity contribution in [1.29, 1.82) is 0 Å². The third-order valence-corrected chi connectivity index (χ3v) is 3.52. The predicted molar refractivity (Wildman–Crippen MR) is 86.1 cm³/mol. The molecule has 0 aromatic heterocycles. The van der Waals surface area contributed by atoms with E-state index in [0.717, 1.165) is 17.3 Å². The molecule has 0 aliphatic carbocycles. The van der Waals surface area contributed by atoms with Crippen molar-refractivity contribution < 1.29 is 9.47 Å². The van der Waals surface area contributed by atoms with Crippen LogP contribution in [-0.4, -0.2) is 19.0 Å². The standard InChI is InChI=1S/C17H20O2S/c1-2-18-16-8-10-17(11-9-16)19-12-15(13-20)14-6-4-3-5-7-14/h3-11,15,20H,2,12-13H2,1H3. The van der Waals surface area contributed by atoms with Gasteiger partial charge in [0.1, 0.15) is 11.5 Å². The summed E-state index contributed by atoms with van der Waals surface area (Å²) >= 11 is 4.42. The molecule has 0 heterocycles. The summed E-state index contributed by atoms with van der Waals surface area (Å²) in [4.78, 5) is 0. The van der Waals surface area contributed by atoms with Gasteiger partial charge in [-0.2, -0.15) is 12.6 Å². The van der Waals surface area contributed by atoms with E-state index in [9.17, 15) is 0 Å². The van der Waals surface area contributed by atoms with E-state index in [1.54, 1.807) is 0 Å². The lowest BCUT2D eigenvalue weighted by Crippen LogP contribution is -2.11. The van der Waals surface area contributed by atoms with Crippen LogP contribution < -0.4 is 9.47 Å². The molecule has 0 saturated carbocycles. The SMILES string of the molecule is CCOc1ccc(OCC(CS)c2ccccc2)cc1. The lowest BCUT2D eigenvalue weighted by Gasteiger charge is -2.16. The summed E-state index contributed by atoms with van der Waals surface area (Å²) in [6, 6.07) is 18.1. The monoisotopic (exact) mass is 288 g/mol. The quantitative estimate of drug-likeness (QED) is 0.771. The second kappa shape index (κ2) is 7.85. The molecule has 0 aliphatic heterocycles. The first kappa shape index (κ1) is 14.8. The van der Waals surface area contributed by atoms with E-state index in [4.69, 9.17) is 9.47 Å². The average molecular weight is 288 g/mol. The Balaban J connectivity index is 1.93. The van der Waals surface area contributed by atoms with Gasteiger partial charge in [0.05, 0.1) is 13.2 Å². The summed E-state index contributed by atoms with van der Waals surface area (Å²) in [6.07, 6.45) is 0. The van der Waals surface area contributed by atoms with Crippen LogP contribution in [0.25, 0.3) is 0 Å². The van der Waals surface area contributed by atoms with E-state index in [1.165, 1.54) is 5.56 Å². The largest absolute Gasteiger partial charge is 0.494 e. The molecule has 2 rings (SSSR count). The number of rotatable bonds is 7. The summed E-state index contributed by atoms with van der Waals surface area (Å²) in [6.45, 7) is 3.28. The van der Waals surface area contributed by atoms with Gasteiger partial charge in [-0.05, 0) is 36.8 Å². The van der Waals surface area contributed by atoms with Crippen molar-refractivity contribution in [3.63, 3.8) is 0 Å². The molecular formula is C17H20O2S. The third-order valence-electron chi connectivity index (χ3n) is 3.08. The summed E-state index contributed by atoms with van der Waals surface area (Å²) in [5, 5.41) is 0. The number of hydrogen-bond acceptors (Lipinski definition) is 3. The smallest absolute Gasteiger partial charge is 0.119 e. The molecular weight excluding hydrogens is 268 g/mol. The summed E-state index contributed by atoms with van der Waals surface area (Å²) in [7, 11) is 0. The van der Waals surface area contributed by atoms with Crippen LogP contribution in [0, 0.1) is 0 Å². The van der Waals surface area contributed by atoms with Gasteiger partial charge in [-0.1, -0.05) is 30.3 Å². The molecule has 0 N–H and O–H groups in total. The zero-order chi connectivity index (χ0) is 14.2. The van der Waals surface area contributed by atoms with E-state index >= 15 is 0 Å². The number of benzene rings is 2. The Morgan fingerprint density at radius 1 is 0.900 bits per heavy atom. The minimum atomic E-state index is 0.297. The van der Waals surface area contributed by atoms with Crippen LogP contribution in [0.2, 0.25) is 0 Å². The van der Waals surface area contributed by atoms with E-state index in [2.05, 4.69) is 24.8 Å². The molecule has 0 radical (unpaired) electrons. The Bertz CT molecular complexity index is 496. The lowest BCUT2D eigenvalue weighted by atomic mass is 10.0. The Hall–Kier alpha value is -1.61. The Morgan fingerprint density at radius 3 is 2.05 bits per heavy atom. The van der Waals surface area contributed by atoms with Crippen LogP contribution in [-0.2, 0) is 0 Å². The fourth-order valence-corrected chi connectivity index (χ4v) is 2.29. The fourth-order valence-electron chi connectivity index (χ4n) is 1.98. The Kier molecular flexibility index (Phi) is 5.81. The van der Waals surface area contributed by atoms with E-state index < -0.39 is 0 Å². The highest BCUT2D eigenvalue weighted by molar-refractivity contribution is 7.80. The highest BCUT2D eigenvalue weighted by Crippen LogP contribution is 2.21. The maximum absolute atomic E-state index is 5.84. The summed E-state index contributed by atoms with van der Waals surface area (Å²) in [5.74, 6) is 2.79. The van der Waals surface area contributed by atoms with Crippen molar-refractivity contribution in [2.24, 2.45) is 0 Å². The molecule has 0 fully saturated rings. The van der Waals surface area contributed by atoms with Crippen molar-refractivity contribution in [2.45, 2.75) is 12.8 Å². The Labute approximate surface area is 126 Å². The van der Waals surface area contributed by atoms with Crippen molar-refractivity contribution in [3.05, 3.63) is 60.2 Å². The molecule has 20 heavy (non-hydrogen) atoms. The van der Waals surface area contributed by atoms with Gasteiger partial charge in [-0.3, -0.25) is 0 Å². The molecule has 3 heteroatoms. The van der Waals surface area contributed by atoms with Gasteiger partial charge in [0.2, 0.25) is 0 Å². The molecule has 1 unspecified atom stereocenters. The van der Waals surface area contributed by atoms with Crippen LogP contribution in [0.4, 0.5) is 0 Å². The zero-order valence-electron chi connectivity index (χ0n) is 11.7. The predicted octanol–water partition coefficient (Wildman–Crippen LogP) is 4.18. The second-order valence-electron chi connectivity index (χ2n) is 4.51. The van der Waals surface area contributed by atoms with Gasteiger partial charge in [0, 0.05) is 11.7 Å². The van der Waals surface area contributed by atoms with Crippen molar-refractivity contribution in [2.75, 3.05) is 19.0 Å². The lowest BCUT2D eigenvalue weighted by molar-refractivity contribution is 0.296. The Morgan fingerprint density at radius 2 is 1.50 bits per heavy atom. The first-order chi connectivity index (χ1) is 9.83. The fraction of sp³-hybridized carbons (Fsp3) is 0.294. The normalized spacial score (nSPS) is 11.9. The molecule has 2 aromatic carbocycles. The molecule has 0 bridgehead atoms. The number of thiol groups is 1. The topological polar surface area (TPSA) is 18.5 Å². The van der Waals surface area contributed by atoms with E-state index in [-0.39, 0.29) is 0 Å². The molecule has 1 atom stereocenters. The molecule has 2 aromatic rings. The van der Waals surface area contributed by atoms with Crippen molar-refractivity contribution >= 4 is 12.6 Å². The van der Waals surface area contributed by atoms with Gasteiger partial charge >= 0.3 is 0 Å². The second-order valence-corrected chi connectivity index (χ2v) is 4.87. The molecule has 0 spiro atoms. The first-order valence-corrected chi connectivity index (χ1v) is 7.48. The van der Waals surface area contributed by atoms with E-state index in [1.807, 2.05) is 49.4 Å². The summed E-state index contributed by atoms with van der Waals surface area (Å²) < 4.78 is 11.3. The highest BCUT2D eigenvalue weighted by Gasteiger charge is 2.10. The van der Waals surface area contributed by atoms with Crippen molar-refractivity contribution in [1.82, 2.24) is 0 Å². The van der Waals surface area contributed by atoms with Gasteiger partial charge in [0.25, 0.3) is 0 Å². The van der Waals surface area contributed by atoms with Gasteiger partial charge in [-0.25, -0.2) is 0 Å². The van der Waals surface area contributed by atoms with Crippen LogP contribution in [0.1, 0.15) is 18.4 Å². The van der Waals surface area contributed by atoms with Crippen LogP contribution in [0.15, 0.2) is 54.6 Å². The minimum Gasteiger partial charge on any atom is -0.494 e. The maximum Gasteiger partial charge on any atom is 0.119 e. The minimum absolute atomic E-state index is 0.297. The van der Waals surface area contributed by atoms with Crippen LogP contribution in [0.3, 0.4) is 0 Å². The van der Waals surface area contributed by atoms with Crippen molar-refractivity contribution in [3.8, 4) is 11.5 Å². The molecule has 2 nitrogen and oxygen atoms in total. The van der Waals surface area contributed by atoms with Gasteiger partial charge < -0.3 is 9.47 Å². The molecule has 0 amide bonds. The van der Waals surface area contributed by atoms with Crippen LogP contribution >= 0.6 is 12.6 Å². The number of hydrogen-bond donors (Lipinski definition) is 1. The maximum atomic E-state index is 5.84. The molecule has 0 saturated heterocycles. The summed E-state index contributed by atoms with van der Waals surface area (Å²) in [5.41, 5.74) is 1.26. The third kappa shape index (κ3) is 4.20. The van der Waals surface area contributed by atoms with Gasteiger partial charge in [0.15, 0.2) is 0 Å². The van der Waals surface area contributed by atoms with Gasteiger partial charge in [-0.15, -0.1) is 0 Å². The first-order valence-electron chi connectivity index (χ1n) is 6.85. The van der Waals surface area contributed by atoms with Crippen LogP contribution in [0.5, 0.6) is 11.5 Å². The average Bonchev–Trinajstić information content (AvgIpc) is 2.51. The molecule has 0 aliphatic rings. The molecule has 106 valence electrons. The highest BCUT2D eigenvalue weighted by atomic mass is 32.1. The van der Waals surface area contributed by atoms with E-state index in [0.29, 0.717) is 19.1 Å².